The third kappa shape index (κ3) is 6.38. The van der Waals surface area contributed by atoms with E-state index in [4.69, 9.17) is 9.47 Å². The summed E-state index contributed by atoms with van der Waals surface area (Å²) in [6.07, 6.45) is 3.08. The van der Waals surface area contributed by atoms with Crippen LogP contribution in [0.3, 0.4) is 0 Å². The highest BCUT2D eigenvalue weighted by molar-refractivity contribution is 5.81. The smallest absolute Gasteiger partial charge is 0.225 e. The summed E-state index contributed by atoms with van der Waals surface area (Å²) in [5, 5.41) is 3.24. The van der Waals surface area contributed by atoms with Gasteiger partial charge < -0.3 is 19.7 Å². The third-order valence-corrected chi connectivity index (χ3v) is 5.50. The van der Waals surface area contributed by atoms with Crippen molar-refractivity contribution in [1.82, 2.24) is 10.2 Å². The average Bonchev–Trinajstić information content (AvgIpc) is 2.73. The van der Waals surface area contributed by atoms with Gasteiger partial charge >= 0.3 is 0 Å². The van der Waals surface area contributed by atoms with E-state index in [-0.39, 0.29) is 29.7 Å². The van der Waals surface area contributed by atoms with Gasteiger partial charge in [-0.2, -0.15) is 0 Å². The number of amides is 2. The van der Waals surface area contributed by atoms with Crippen LogP contribution in [0.15, 0.2) is 18.2 Å². The Hall–Kier alpha value is -2.24. The summed E-state index contributed by atoms with van der Waals surface area (Å²) in [6, 6.07) is 5.75. The first-order chi connectivity index (χ1) is 14.4. The van der Waals surface area contributed by atoms with Gasteiger partial charge in [0.15, 0.2) is 11.5 Å². The van der Waals surface area contributed by atoms with Gasteiger partial charge in [-0.15, -0.1) is 0 Å². The van der Waals surface area contributed by atoms with Crippen LogP contribution >= 0.6 is 0 Å². The standard InChI is InChI=1S/C24H38N2O4/c1-6-10-22(27)26-14-9-11-19(16-26)24(28)25-23(17(4)5)18-12-13-20(29-7-2)21(15-18)30-8-3/h12-13,15,17,19,23H,6-11,14,16H2,1-5H3,(H,25,28). The molecule has 30 heavy (non-hydrogen) atoms. The molecule has 0 spiro atoms. The maximum absolute atomic E-state index is 13.1. The molecule has 0 aliphatic carbocycles. The van der Waals surface area contributed by atoms with Gasteiger partial charge in [-0.1, -0.05) is 26.8 Å². The Bertz CT molecular complexity index is 704. The van der Waals surface area contributed by atoms with E-state index in [9.17, 15) is 9.59 Å². The van der Waals surface area contributed by atoms with Gasteiger partial charge in [-0.05, 0) is 56.7 Å². The molecule has 1 aliphatic heterocycles. The van der Waals surface area contributed by atoms with Crippen LogP contribution in [-0.2, 0) is 9.59 Å². The van der Waals surface area contributed by atoms with E-state index in [0.29, 0.717) is 37.7 Å². The highest BCUT2D eigenvalue weighted by Crippen LogP contribution is 2.33. The zero-order valence-electron chi connectivity index (χ0n) is 19.2. The van der Waals surface area contributed by atoms with Crippen molar-refractivity contribution in [2.75, 3.05) is 26.3 Å². The highest BCUT2D eigenvalue weighted by atomic mass is 16.5. The minimum Gasteiger partial charge on any atom is -0.490 e. The zero-order valence-corrected chi connectivity index (χ0v) is 19.2. The van der Waals surface area contributed by atoms with Gasteiger partial charge in [0.05, 0.1) is 25.2 Å². The van der Waals surface area contributed by atoms with E-state index < -0.39 is 0 Å². The minimum atomic E-state index is -0.158. The van der Waals surface area contributed by atoms with Crippen molar-refractivity contribution in [3.8, 4) is 11.5 Å². The molecule has 1 heterocycles. The monoisotopic (exact) mass is 418 g/mol. The molecule has 2 rings (SSSR count). The summed E-state index contributed by atoms with van der Waals surface area (Å²) in [6.45, 7) is 12.5. The molecule has 1 aromatic rings. The molecule has 168 valence electrons. The summed E-state index contributed by atoms with van der Waals surface area (Å²) < 4.78 is 11.4. The SMILES string of the molecule is CCCC(=O)N1CCCC(C(=O)NC(c2ccc(OCC)c(OCC)c2)C(C)C)C1. The lowest BCUT2D eigenvalue weighted by atomic mass is 9.92. The number of nitrogens with one attached hydrogen (secondary N) is 1. The van der Waals surface area contributed by atoms with E-state index >= 15 is 0 Å². The first-order valence-electron chi connectivity index (χ1n) is 11.4. The second-order valence-corrected chi connectivity index (χ2v) is 8.23. The predicted molar refractivity (Wildman–Crippen MR) is 119 cm³/mol. The Morgan fingerprint density at radius 1 is 1.13 bits per heavy atom. The summed E-state index contributed by atoms with van der Waals surface area (Å²) in [5.41, 5.74) is 1.000. The topological polar surface area (TPSA) is 67.9 Å². The number of piperidine rings is 1. The quantitative estimate of drug-likeness (QED) is 0.614. The zero-order chi connectivity index (χ0) is 22.1. The molecule has 0 bridgehead atoms. The molecule has 2 unspecified atom stereocenters. The van der Waals surface area contributed by atoms with E-state index in [0.717, 1.165) is 31.4 Å². The van der Waals surface area contributed by atoms with Crippen molar-refractivity contribution < 1.29 is 19.1 Å². The number of carbonyl (C=O) groups is 2. The number of hydrogen-bond donors (Lipinski definition) is 1. The average molecular weight is 419 g/mol. The molecule has 1 N–H and O–H groups in total. The van der Waals surface area contributed by atoms with Gasteiger partial charge in [0.25, 0.3) is 0 Å². The maximum atomic E-state index is 13.1. The lowest BCUT2D eigenvalue weighted by Gasteiger charge is -2.33. The third-order valence-electron chi connectivity index (χ3n) is 5.50. The normalized spacial score (nSPS) is 17.5. The summed E-state index contributed by atoms with van der Waals surface area (Å²) >= 11 is 0. The van der Waals surface area contributed by atoms with Crippen LogP contribution in [0.2, 0.25) is 0 Å². The molecular formula is C24H38N2O4. The van der Waals surface area contributed by atoms with Crippen LogP contribution < -0.4 is 14.8 Å². The van der Waals surface area contributed by atoms with Crippen molar-refractivity contribution in [2.24, 2.45) is 11.8 Å². The summed E-state index contributed by atoms with van der Waals surface area (Å²) in [7, 11) is 0. The maximum Gasteiger partial charge on any atom is 0.225 e. The molecule has 6 nitrogen and oxygen atoms in total. The number of benzene rings is 1. The van der Waals surface area contributed by atoms with Crippen LogP contribution in [0.1, 0.15) is 71.9 Å². The highest BCUT2D eigenvalue weighted by Gasteiger charge is 2.30. The van der Waals surface area contributed by atoms with E-state index in [2.05, 4.69) is 19.2 Å². The number of nitrogens with zero attached hydrogens (tertiary/aromatic N) is 1. The molecule has 0 saturated carbocycles. The van der Waals surface area contributed by atoms with Gasteiger partial charge in [0.1, 0.15) is 0 Å². The lowest BCUT2D eigenvalue weighted by Crippen LogP contribution is -2.46. The second kappa shape index (κ2) is 11.8. The molecule has 0 radical (unpaired) electrons. The van der Waals surface area contributed by atoms with Crippen LogP contribution in [0, 0.1) is 11.8 Å². The van der Waals surface area contributed by atoms with Crippen LogP contribution in [0.4, 0.5) is 0 Å². The fourth-order valence-electron chi connectivity index (χ4n) is 3.96. The molecule has 1 fully saturated rings. The van der Waals surface area contributed by atoms with Gasteiger partial charge in [-0.25, -0.2) is 0 Å². The van der Waals surface area contributed by atoms with Gasteiger partial charge in [0, 0.05) is 19.5 Å². The fraction of sp³-hybridized carbons (Fsp3) is 0.667. The number of hydrogen-bond acceptors (Lipinski definition) is 4. The van der Waals surface area contributed by atoms with Crippen LogP contribution in [-0.4, -0.2) is 43.0 Å². The molecule has 2 amide bonds. The Morgan fingerprint density at radius 3 is 2.47 bits per heavy atom. The second-order valence-electron chi connectivity index (χ2n) is 8.23. The Balaban J connectivity index is 2.14. The van der Waals surface area contributed by atoms with Gasteiger partial charge in [0.2, 0.25) is 11.8 Å². The molecule has 6 heteroatoms. The van der Waals surface area contributed by atoms with Crippen LogP contribution in [0.5, 0.6) is 11.5 Å². The number of ether oxygens (including phenoxy) is 2. The molecule has 1 saturated heterocycles. The van der Waals surface area contributed by atoms with Crippen molar-refractivity contribution in [1.29, 1.82) is 0 Å². The summed E-state index contributed by atoms with van der Waals surface area (Å²) in [5.74, 6) is 1.65. The Kier molecular flexibility index (Phi) is 9.47. The predicted octanol–water partition coefficient (Wildman–Crippen LogP) is 4.34. The molecule has 1 aromatic carbocycles. The first-order valence-corrected chi connectivity index (χ1v) is 11.4. The molecular weight excluding hydrogens is 380 g/mol. The summed E-state index contributed by atoms with van der Waals surface area (Å²) in [4.78, 5) is 27.2. The van der Waals surface area contributed by atoms with Crippen molar-refractivity contribution in [2.45, 2.75) is 66.3 Å². The number of carbonyl (C=O) groups excluding carboxylic acids is 2. The van der Waals surface area contributed by atoms with E-state index in [1.165, 1.54) is 0 Å². The first kappa shape index (κ1) is 24.0. The number of likely N-dealkylation sites (tertiary alicyclic amines) is 1. The van der Waals surface area contributed by atoms with Crippen LogP contribution in [0.25, 0.3) is 0 Å². The van der Waals surface area contributed by atoms with Crippen molar-refractivity contribution >= 4 is 11.8 Å². The largest absolute Gasteiger partial charge is 0.490 e. The minimum absolute atomic E-state index is 0.0227. The van der Waals surface area contributed by atoms with Crippen molar-refractivity contribution in [3.63, 3.8) is 0 Å². The fourth-order valence-corrected chi connectivity index (χ4v) is 3.96. The van der Waals surface area contributed by atoms with E-state index in [1.807, 2.05) is 43.9 Å². The van der Waals surface area contributed by atoms with Gasteiger partial charge in [-0.3, -0.25) is 9.59 Å². The Morgan fingerprint density at radius 2 is 1.83 bits per heavy atom. The van der Waals surface area contributed by atoms with Crippen molar-refractivity contribution in [3.05, 3.63) is 23.8 Å². The molecule has 0 aromatic heterocycles. The molecule has 1 aliphatic rings. The number of rotatable bonds is 10. The Labute approximate surface area is 181 Å². The lowest BCUT2D eigenvalue weighted by molar-refractivity contribution is -0.136. The van der Waals surface area contributed by atoms with E-state index in [1.54, 1.807) is 0 Å². The molecule has 2 atom stereocenters.